The molecule has 5 N–H and O–H groups in total. The summed E-state index contributed by atoms with van der Waals surface area (Å²) in [5.74, 6) is -3.20. The largest absolute Gasteiger partial charge is 0.387 e. The third kappa shape index (κ3) is 7.25. The van der Waals surface area contributed by atoms with Crippen LogP contribution in [0.3, 0.4) is 0 Å². The average Bonchev–Trinajstić information content (AvgIpc) is 3.64. The highest BCUT2D eigenvalue weighted by Gasteiger charge is 2.85. The molecule has 2 aliphatic heterocycles. The van der Waals surface area contributed by atoms with Crippen LogP contribution in [0.2, 0.25) is 0 Å². The first-order chi connectivity index (χ1) is 27.8. The topological polar surface area (TPSA) is 186 Å². The monoisotopic (exact) mass is 835 g/mol. The Hall–Kier alpha value is -3.98. The zero-order chi connectivity index (χ0) is 42.8. The van der Waals surface area contributed by atoms with Crippen molar-refractivity contribution in [3.05, 3.63) is 42.5 Å². The summed E-state index contributed by atoms with van der Waals surface area (Å²) >= 11 is 0. The summed E-state index contributed by atoms with van der Waals surface area (Å²) in [6.45, 7) is 14.9. The smallest absolute Gasteiger partial charge is 0.303 e. The fraction of sp³-hybridized carbons (Fsp3) is 0.705. The van der Waals surface area contributed by atoms with Crippen LogP contribution in [0.5, 0.6) is 0 Å². The fourth-order valence-electron chi connectivity index (χ4n) is 11.6. The number of amides is 5. The van der Waals surface area contributed by atoms with Crippen LogP contribution in [0.4, 0.5) is 5.69 Å². The van der Waals surface area contributed by atoms with Crippen LogP contribution in [0.25, 0.3) is 0 Å². The third-order valence-electron chi connectivity index (χ3n) is 15.6. The molecule has 15 heteroatoms. The maximum Gasteiger partial charge on any atom is 0.303 e. The van der Waals surface area contributed by atoms with E-state index in [0.717, 1.165) is 51.4 Å². The molecule has 1 unspecified atom stereocenters. The third-order valence-corrected chi connectivity index (χ3v) is 17.1. The number of benzene rings is 1. The second kappa shape index (κ2) is 15.5. The average molecular weight is 836 g/mol. The molecule has 2 spiro atoms. The Labute approximate surface area is 350 Å². The van der Waals surface area contributed by atoms with E-state index in [0.29, 0.717) is 50.1 Å². The number of rotatable bonds is 13. The van der Waals surface area contributed by atoms with Crippen molar-refractivity contribution in [1.82, 2.24) is 29.9 Å². The summed E-state index contributed by atoms with van der Waals surface area (Å²) in [5, 5.41) is 12.1. The van der Waals surface area contributed by atoms with Crippen LogP contribution in [-0.4, -0.2) is 97.5 Å². The van der Waals surface area contributed by atoms with Crippen LogP contribution in [0.1, 0.15) is 122 Å². The van der Waals surface area contributed by atoms with E-state index < -0.39 is 68.8 Å². The fourth-order valence-corrected chi connectivity index (χ4v) is 12.9. The van der Waals surface area contributed by atoms with Crippen molar-refractivity contribution < 1.29 is 32.4 Å². The maximum atomic E-state index is 15.2. The number of para-hydroxylation sites is 1. The van der Waals surface area contributed by atoms with E-state index in [-0.39, 0.29) is 34.5 Å². The van der Waals surface area contributed by atoms with Gasteiger partial charge in [0.25, 0.3) is 11.8 Å². The number of anilines is 1. The van der Waals surface area contributed by atoms with Crippen molar-refractivity contribution in [2.24, 2.45) is 33.5 Å². The van der Waals surface area contributed by atoms with Gasteiger partial charge >= 0.3 is 10.2 Å². The molecular weight excluding hydrogens is 771 g/mol. The normalized spacial score (nSPS) is 29.5. The molecule has 59 heavy (non-hydrogen) atoms. The second-order valence-corrected chi connectivity index (χ2v) is 21.5. The predicted octanol–water partition coefficient (Wildman–Crippen LogP) is 4.25. The predicted molar refractivity (Wildman–Crippen MR) is 225 cm³/mol. The molecule has 7 rings (SSSR count). The summed E-state index contributed by atoms with van der Waals surface area (Å²) < 4.78 is 29.8. The standard InChI is InChI=1S/C44H65N7O7S/c1-8-29-25-44(29,39(56)49-59(57,58)50-23-14-15-24-50)48-36(53)32-26-43(41(5,6)42(43)21-16-22-42)27-51(32)38(55)34(40(2,3)4)47-37(54)33(28-17-10-9-11-18-28)46-35(52)30-19-12-13-20-31(30)45-7/h8,12-13,19-20,28-29,32-34,45H,1,9-11,14-18,21-27H2,2-7H3,(H,46,52)(H,47,54)(H,48,53)(H,49,56)/t29-,32+,33?,34-,43-,44-/m1/s1. The molecule has 0 aromatic heterocycles. The minimum atomic E-state index is -4.12. The zero-order valence-corrected chi connectivity index (χ0v) is 36.6. The van der Waals surface area contributed by atoms with Gasteiger partial charge in [-0.15, -0.1) is 6.58 Å². The lowest BCUT2D eigenvalue weighted by Gasteiger charge is -2.38. The minimum Gasteiger partial charge on any atom is -0.387 e. The van der Waals surface area contributed by atoms with Crippen LogP contribution >= 0.6 is 0 Å². The molecule has 324 valence electrons. The molecule has 6 fully saturated rings. The lowest BCUT2D eigenvalue weighted by atomic mass is 9.73. The van der Waals surface area contributed by atoms with Gasteiger partial charge in [-0.05, 0) is 85.7 Å². The van der Waals surface area contributed by atoms with Crippen LogP contribution in [0, 0.1) is 33.5 Å². The molecule has 0 bridgehead atoms. The van der Waals surface area contributed by atoms with E-state index in [2.05, 4.69) is 46.4 Å². The van der Waals surface area contributed by atoms with Gasteiger partial charge < -0.3 is 26.2 Å². The molecule has 0 radical (unpaired) electrons. The number of hydrogen-bond acceptors (Lipinski definition) is 8. The number of fused-ring (bicyclic) bond motifs is 1. The van der Waals surface area contributed by atoms with Gasteiger partial charge in [0, 0.05) is 43.7 Å². The van der Waals surface area contributed by atoms with Gasteiger partial charge in [-0.25, -0.2) is 4.72 Å². The Morgan fingerprint density at radius 1 is 0.898 bits per heavy atom. The molecule has 2 heterocycles. The Balaban J connectivity index is 1.16. The van der Waals surface area contributed by atoms with Crippen LogP contribution in [-0.2, 0) is 29.4 Å². The van der Waals surface area contributed by atoms with Crippen molar-refractivity contribution in [3.63, 3.8) is 0 Å². The maximum absolute atomic E-state index is 15.2. The number of nitrogens with zero attached hydrogens (tertiary/aromatic N) is 2. The molecular formula is C44H65N7O7S. The lowest BCUT2D eigenvalue weighted by Crippen LogP contribution is -2.62. The highest BCUT2D eigenvalue weighted by Crippen LogP contribution is 2.88. The van der Waals surface area contributed by atoms with Crippen LogP contribution in [0.15, 0.2) is 36.9 Å². The first-order valence-electron chi connectivity index (χ1n) is 21.7. The number of likely N-dealkylation sites (tertiary alicyclic amines) is 1. The van der Waals surface area contributed by atoms with E-state index in [9.17, 15) is 27.6 Å². The number of hydrogen-bond donors (Lipinski definition) is 5. The van der Waals surface area contributed by atoms with E-state index in [1.807, 2.05) is 26.8 Å². The molecule has 4 aliphatic carbocycles. The van der Waals surface area contributed by atoms with Crippen molar-refractivity contribution in [2.75, 3.05) is 32.0 Å². The minimum absolute atomic E-state index is 0.0316. The summed E-state index contributed by atoms with van der Waals surface area (Å²) in [7, 11) is -2.38. The highest BCUT2D eigenvalue weighted by molar-refractivity contribution is 7.87. The SMILES string of the molecule is C=C[C@@H]1C[C@]1(NC(=O)[C@@H]1C[C@@]2(CN1C(=O)[C@@H](NC(=O)C(NC(=O)c1ccccc1NC)C1CCCCC1)C(C)(C)C)C(C)(C)C21CCC1)C(=O)NS(=O)(=O)N1CCCC1. The Morgan fingerprint density at radius 3 is 2.12 bits per heavy atom. The molecule has 5 amide bonds. The van der Waals surface area contributed by atoms with Crippen molar-refractivity contribution in [1.29, 1.82) is 0 Å². The van der Waals surface area contributed by atoms with Gasteiger partial charge in [-0.1, -0.05) is 78.5 Å². The molecule has 2 saturated heterocycles. The molecule has 1 aromatic rings. The van der Waals surface area contributed by atoms with Crippen LogP contribution < -0.4 is 26.0 Å². The van der Waals surface area contributed by atoms with E-state index in [1.165, 1.54) is 4.31 Å². The van der Waals surface area contributed by atoms with E-state index >= 15 is 4.79 Å². The summed E-state index contributed by atoms with van der Waals surface area (Å²) in [5.41, 5.74) is -1.82. The molecule has 6 aliphatic rings. The van der Waals surface area contributed by atoms with Gasteiger partial charge in [0.05, 0.1) is 5.56 Å². The van der Waals surface area contributed by atoms with Gasteiger partial charge in [-0.3, -0.25) is 24.0 Å². The Kier molecular flexibility index (Phi) is 11.3. The molecule has 4 saturated carbocycles. The van der Waals surface area contributed by atoms with E-state index in [4.69, 9.17) is 0 Å². The highest BCUT2D eigenvalue weighted by atomic mass is 32.2. The summed E-state index contributed by atoms with van der Waals surface area (Å²) in [4.78, 5) is 73.9. The first-order valence-corrected chi connectivity index (χ1v) is 23.2. The summed E-state index contributed by atoms with van der Waals surface area (Å²) in [6.07, 6.45) is 11.0. The quantitative estimate of drug-likeness (QED) is 0.183. The molecule has 14 nitrogen and oxygen atoms in total. The summed E-state index contributed by atoms with van der Waals surface area (Å²) in [6, 6.07) is 4.19. The van der Waals surface area contributed by atoms with Gasteiger partial charge in [-0.2, -0.15) is 12.7 Å². The molecule has 6 atom stereocenters. The van der Waals surface area contributed by atoms with Gasteiger partial charge in [0.2, 0.25) is 17.7 Å². The van der Waals surface area contributed by atoms with Crippen molar-refractivity contribution in [2.45, 2.75) is 135 Å². The van der Waals surface area contributed by atoms with Crippen molar-refractivity contribution in [3.8, 4) is 0 Å². The first kappa shape index (κ1) is 43.1. The van der Waals surface area contributed by atoms with Crippen molar-refractivity contribution >= 4 is 45.4 Å². The zero-order valence-electron chi connectivity index (χ0n) is 35.7. The van der Waals surface area contributed by atoms with E-state index in [1.54, 1.807) is 36.2 Å². The number of nitrogens with one attached hydrogen (secondary N) is 5. The van der Waals surface area contributed by atoms with Gasteiger partial charge in [0.1, 0.15) is 23.7 Å². The molecule has 1 aromatic carbocycles. The Morgan fingerprint density at radius 2 is 1.56 bits per heavy atom. The second-order valence-electron chi connectivity index (χ2n) is 19.8. The number of carbonyl (C=O) groups excluding carboxylic acids is 5. The number of carbonyl (C=O) groups is 5. The lowest BCUT2D eigenvalue weighted by molar-refractivity contribution is -0.145. The Bertz CT molecular complexity index is 1980. The van der Waals surface area contributed by atoms with Gasteiger partial charge in [0.15, 0.2) is 0 Å².